The largest absolute Gasteiger partial charge is 0.493 e. The van der Waals surface area contributed by atoms with Crippen molar-refractivity contribution < 1.29 is 14.3 Å². The maximum Gasteiger partial charge on any atom is 0.274 e. The fourth-order valence-corrected chi connectivity index (χ4v) is 2.73. The maximum atomic E-state index is 12.6. The molecule has 29 heavy (non-hydrogen) atoms. The van der Waals surface area contributed by atoms with E-state index in [2.05, 4.69) is 34.4 Å². The van der Waals surface area contributed by atoms with E-state index in [0.29, 0.717) is 34.7 Å². The third-order valence-electron chi connectivity index (χ3n) is 4.36. The summed E-state index contributed by atoms with van der Waals surface area (Å²) in [5, 5.41) is 5.93. The average Bonchev–Trinajstić information content (AvgIpc) is 2.74. The number of aromatic nitrogens is 2. The van der Waals surface area contributed by atoms with Gasteiger partial charge in [-0.2, -0.15) is 0 Å². The van der Waals surface area contributed by atoms with Gasteiger partial charge in [0.05, 0.1) is 14.2 Å². The molecule has 0 atom stereocenters. The van der Waals surface area contributed by atoms with Gasteiger partial charge >= 0.3 is 0 Å². The molecule has 3 rings (SSSR count). The van der Waals surface area contributed by atoms with E-state index in [1.165, 1.54) is 11.8 Å². The molecule has 0 aliphatic heterocycles. The summed E-state index contributed by atoms with van der Waals surface area (Å²) < 4.78 is 10.5. The highest BCUT2D eigenvalue weighted by Crippen LogP contribution is 2.30. The van der Waals surface area contributed by atoms with Gasteiger partial charge in [0.2, 0.25) is 5.95 Å². The summed E-state index contributed by atoms with van der Waals surface area (Å²) in [6.07, 6.45) is 1.53. The smallest absolute Gasteiger partial charge is 0.274 e. The third-order valence-corrected chi connectivity index (χ3v) is 4.36. The summed E-state index contributed by atoms with van der Waals surface area (Å²) in [6.45, 7) is 4.25. The van der Waals surface area contributed by atoms with Crippen LogP contribution in [0.2, 0.25) is 0 Å². The van der Waals surface area contributed by atoms with Crippen LogP contribution < -0.4 is 20.1 Å². The van der Waals surface area contributed by atoms with Crippen molar-refractivity contribution in [3.05, 3.63) is 66.0 Å². The van der Waals surface area contributed by atoms with E-state index in [9.17, 15) is 4.79 Å². The minimum Gasteiger partial charge on any atom is -0.493 e. The summed E-state index contributed by atoms with van der Waals surface area (Å²) in [4.78, 5) is 21.0. The summed E-state index contributed by atoms with van der Waals surface area (Å²) in [5.41, 5.74) is 2.90. The number of carbonyl (C=O) groups excluding carboxylic acids is 1. The highest BCUT2D eigenvalue weighted by Gasteiger charge is 2.11. The summed E-state index contributed by atoms with van der Waals surface area (Å²) in [7, 11) is 3.14. The Morgan fingerprint density at radius 2 is 1.62 bits per heavy atom. The number of nitrogens with one attached hydrogen (secondary N) is 2. The van der Waals surface area contributed by atoms with Crippen molar-refractivity contribution in [3.8, 4) is 11.5 Å². The molecule has 150 valence electrons. The third kappa shape index (κ3) is 5.01. The predicted molar refractivity (Wildman–Crippen MR) is 113 cm³/mol. The number of hydrogen-bond acceptors (Lipinski definition) is 6. The van der Waals surface area contributed by atoms with Gasteiger partial charge < -0.3 is 20.1 Å². The minimum atomic E-state index is -0.306. The molecule has 0 fully saturated rings. The molecule has 0 radical (unpaired) electrons. The molecule has 2 aromatic carbocycles. The Balaban J connectivity index is 1.72. The summed E-state index contributed by atoms with van der Waals surface area (Å²) in [5.74, 6) is 1.64. The SMILES string of the molecule is COc1ccc(Nc2nccc(C(=O)Nc3ccc(C(C)C)cc3)n2)cc1OC. The van der Waals surface area contributed by atoms with Crippen LogP contribution in [0, 0.1) is 0 Å². The van der Waals surface area contributed by atoms with Crippen molar-refractivity contribution in [1.82, 2.24) is 9.97 Å². The molecule has 2 N–H and O–H groups in total. The van der Waals surface area contributed by atoms with E-state index >= 15 is 0 Å². The number of ether oxygens (including phenoxy) is 2. The fraction of sp³-hybridized carbons (Fsp3) is 0.227. The second-order valence-electron chi connectivity index (χ2n) is 6.69. The second kappa shape index (κ2) is 9.05. The van der Waals surface area contributed by atoms with Gasteiger partial charge in [-0.25, -0.2) is 9.97 Å². The van der Waals surface area contributed by atoms with Crippen LogP contribution in [-0.2, 0) is 0 Å². The van der Waals surface area contributed by atoms with Gasteiger partial charge in [0.15, 0.2) is 11.5 Å². The molecule has 0 saturated carbocycles. The van der Waals surface area contributed by atoms with Gasteiger partial charge in [0.1, 0.15) is 5.69 Å². The standard InChI is InChI=1S/C22H24N4O3/c1-14(2)15-5-7-16(8-6-15)24-21(27)18-11-12-23-22(26-18)25-17-9-10-19(28-3)20(13-17)29-4/h5-14H,1-4H3,(H,24,27)(H,23,25,26). The lowest BCUT2D eigenvalue weighted by molar-refractivity contribution is 0.102. The van der Waals surface area contributed by atoms with E-state index in [4.69, 9.17) is 9.47 Å². The zero-order valence-corrected chi connectivity index (χ0v) is 16.9. The molecule has 7 nitrogen and oxygen atoms in total. The topological polar surface area (TPSA) is 85.4 Å². The lowest BCUT2D eigenvalue weighted by Gasteiger charge is -2.11. The highest BCUT2D eigenvalue weighted by molar-refractivity contribution is 6.03. The zero-order chi connectivity index (χ0) is 20.8. The van der Waals surface area contributed by atoms with Crippen LogP contribution in [0.15, 0.2) is 54.7 Å². The number of anilines is 3. The molecule has 0 aliphatic rings. The Morgan fingerprint density at radius 3 is 2.28 bits per heavy atom. The quantitative estimate of drug-likeness (QED) is 0.611. The van der Waals surface area contributed by atoms with Crippen LogP contribution in [-0.4, -0.2) is 30.1 Å². The number of methoxy groups -OCH3 is 2. The number of carbonyl (C=O) groups is 1. The van der Waals surface area contributed by atoms with Crippen molar-refractivity contribution in [3.63, 3.8) is 0 Å². The van der Waals surface area contributed by atoms with Crippen LogP contribution in [0.5, 0.6) is 11.5 Å². The number of hydrogen-bond donors (Lipinski definition) is 2. The number of amides is 1. The van der Waals surface area contributed by atoms with Gasteiger partial charge in [0.25, 0.3) is 5.91 Å². The lowest BCUT2D eigenvalue weighted by atomic mass is 10.0. The van der Waals surface area contributed by atoms with Crippen molar-refractivity contribution in [1.29, 1.82) is 0 Å². The van der Waals surface area contributed by atoms with Crippen molar-refractivity contribution >= 4 is 23.2 Å². The second-order valence-corrected chi connectivity index (χ2v) is 6.69. The van der Waals surface area contributed by atoms with Crippen LogP contribution in [0.25, 0.3) is 0 Å². The zero-order valence-electron chi connectivity index (χ0n) is 16.9. The molecular formula is C22H24N4O3. The number of nitrogens with zero attached hydrogens (tertiary/aromatic N) is 2. The lowest BCUT2D eigenvalue weighted by Crippen LogP contribution is -2.14. The van der Waals surface area contributed by atoms with E-state index in [0.717, 1.165) is 0 Å². The van der Waals surface area contributed by atoms with E-state index in [-0.39, 0.29) is 11.6 Å². The molecule has 0 spiro atoms. The molecule has 7 heteroatoms. The van der Waals surface area contributed by atoms with E-state index in [1.54, 1.807) is 32.4 Å². The molecular weight excluding hydrogens is 368 g/mol. The molecule has 0 unspecified atom stereocenters. The van der Waals surface area contributed by atoms with Gasteiger partial charge in [-0.15, -0.1) is 0 Å². The molecule has 1 amide bonds. The number of benzene rings is 2. The number of rotatable bonds is 7. The summed E-state index contributed by atoms with van der Waals surface area (Å²) in [6, 6.07) is 14.7. The molecule has 1 heterocycles. The van der Waals surface area contributed by atoms with Crippen molar-refractivity contribution in [2.24, 2.45) is 0 Å². The minimum absolute atomic E-state index is 0.260. The van der Waals surface area contributed by atoms with Gasteiger partial charge in [-0.1, -0.05) is 26.0 Å². The van der Waals surface area contributed by atoms with Gasteiger partial charge in [-0.3, -0.25) is 4.79 Å². The first kappa shape index (κ1) is 20.1. The average molecular weight is 392 g/mol. The highest BCUT2D eigenvalue weighted by atomic mass is 16.5. The predicted octanol–water partition coefficient (Wildman–Crippen LogP) is 4.61. The van der Waals surface area contributed by atoms with Crippen LogP contribution in [0.1, 0.15) is 35.8 Å². The van der Waals surface area contributed by atoms with Crippen molar-refractivity contribution in [2.45, 2.75) is 19.8 Å². The van der Waals surface area contributed by atoms with Gasteiger partial charge in [0, 0.05) is 23.6 Å². The summed E-state index contributed by atoms with van der Waals surface area (Å²) >= 11 is 0. The molecule has 0 bridgehead atoms. The molecule has 0 saturated heterocycles. The molecule has 1 aromatic heterocycles. The van der Waals surface area contributed by atoms with Crippen LogP contribution >= 0.6 is 0 Å². The normalized spacial score (nSPS) is 10.5. The molecule has 0 aliphatic carbocycles. The fourth-order valence-electron chi connectivity index (χ4n) is 2.73. The monoisotopic (exact) mass is 392 g/mol. The van der Waals surface area contributed by atoms with E-state index < -0.39 is 0 Å². The molecule has 3 aromatic rings. The van der Waals surface area contributed by atoms with Crippen LogP contribution in [0.4, 0.5) is 17.3 Å². The Hall–Kier alpha value is -3.61. The van der Waals surface area contributed by atoms with Crippen LogP contribution in [0.3, 0.4) is 0 Å². The van der Waals surface area contributed by atoms with Crippen molar-refractivity contribution in [2.75, 3.05) is 24.9 Å². The van der Waals surface area contributed by atoms with Gasteiger partial charge in [-0.05, 0) is 41.8 Å². The first-order valence-corrected chi connectivity index (χ1v) is 9.23. The Kier molecular flexibility index (Phi) is 6.29. The Labute approximate surface area is 170 Å². The Bertz CT molecular complexity index is 988. The Morgan fingerprint density at radius 1 is 0.931 bits per heavy atom. The first-order valence-electron chi connectivity index (χ1n) is 9.23. The maximum absolute atomic E-state index is 12.6. The first-order chi connectivity index (χ1) is 14.0. The van der Waals surface area contributed by atoms with E-state index in [1.807, 2.05) is 30.3 Å².